The molecule has 2 N–H and O–H groups in total. The van der Waals surface area contributed by atoms with E-state index in [1.165, 1.54) is 19.3 Å². The first-order valence-corrected chi connectivity index (χ1v) is 13.0. The van der Waals surface area contributed by atoms with Gasteiger partial charge in [-0.15, -0.1) is 12.4 Å². The molecular formula is C29H38ClN5O3. The van der Waals surface area contributed by atoms with Gasteiger partial charge in [0.15, 0.2) is 11.5 Å². The molecule has 2 heterocycles. The number of amides is 1. The van der Waals surface area contributed by atoms with Crippen molar-refractivity contribution in [2.75, 3.05) is 51.0 Å². The van der Waals surface area contributed by atoms with Crippen LogP contribution in [0.25, 0.3) is 11.3 Å². The molecule has 0 unspecified atom stereocenters. The Morgan fingerprint density at radius 2 is 1.82 bits per heavy atom. The molecule has 1 saturated heterocycles. The number of methoxy groups -OCH3 is 2. The fourth-order valence-corrected chi connectivity index (χ4v) is 4.59. The van der Waals surface area contributed by atoms with Crippen LogP contribution in [0.5, 0.6) is 11.5 Å². The van der Waals surface area contributed by atoms with Crippen molar-refractivity contribution in [2.45, 2.75) is 38.5 Å². The maximum atomic E-state index is 12.5. The molecule has 1 aliphatic heterocycles. The molecule has 3 aromatic rings. The Kier molecular flexibility index (Phi) is 11.6. The summed E-state index contributed by atoms with van der Waals surface area (Å²) in [6.07, 6.45) is 7.82. The van der Waals surface area contributed by atoms with Gasteiger partial charge in [-0.3, -0.25) is 4.79 Å². The number of halogens is 1. The predicted octanol–water partition coefficient (Wildman–Crippen LogP) is 5.44. The molecule has 2 aromatic carbocycles. The van der Waals surface area contributed by atoms with E-state index in [9.17, 15) is 4.79 Å². The van der Waals surface area contributed by atoms with Crippen LogP contribution in [0.2, 0.25) is 0 Å². The molecule has 1 amide bonds. The second-order valence-electron chi connectivity index (χ2n) is 9.27. The van der Waals surface area contributed by atoms with Crippen molar-refractivity contribution in [3.63, 3.8) is 0 Å². The molecule has 1 aromatic heterocycles. The second kappa shape index (κ2) is 15.1. The normalized spacial score (nSPS) is 13.3. The first kappa shape index (κ1) is 29.2. The highest BCUT2D eigenvalue weighted by Gasteiger charge is 2.11. The first-order valence-electron chi connectivity index (χ1n) is 13.0. The van der Waals surface area contributed by atoms with Gasteiger partial charge in [-0.25, -0.2) is 9.97 Å². The molecular weight excluding hydrogens is 502 g/mol. The van der Waals surface area contributed by atoms with Crippen molar-refractivity contribution in [1.29, 1.82) is 0 Å². The van der Waals surface area contributed by atoms with Gasteiger partial charge in [-0.1, -0.05) is 24.6 Å². The van der Waals surface area contributed by atoms with Gasteiger partial charge in [0.25, 0.3) is 0 Å². The van der Waals surface area contributed by atoms with Gasteiger partial charge in [0.05, 0.1) is 19.9 Å². The number of carbonyl (C=O) groups is 1. The van der Waals surface area contributed by atoms with Crippen LogP contribution in [0.3, 0.4) is 0 Å². The average Bonchev–Trinajstić information content (AvgIpc) is 2.94. The molecule has 0 spiro atoms. The molecule has 1 fully saturated rings. The summed E-state index contributed by atoms with van der Waals surface area (Å²) in [5, 5.41) is 6.34. The van der Waals surface area contributed by atoms with Crippen LogP contribution in [-0.4, -0.2) is 61.2 Å². The van der Waals surface area contributed by atoms with E-state index in [1.807, 2.05) is 48.5 Å². The van der Waals surface area contributed by atoms with Crippen LogP contribution >= 0.6 is 12.4 Å². The van der Waals surface area contributed by atoms with Crippen LogP contribution in [-0.2, 0) is 11.2 Å². The summed E-state index contributed by atoms with van der Waals surface area (Å²) in [7, 11) is 3.26. The van der Waals surface area contributed by atoms with E-state index in [4.69, 9.17) is 9.47 Å². The minimum atomic E-state index is 0. The van der Waals surface area contributed by atoms with Gasteiger partial charge in [0.2, 0.25) is 11.9 Å². The zero-order chi connectivity index (χ0) is 25.9. The Labute approximate surface area is 231 Å². The van der Waals surface area contributed by atoms with Crippen LogP contribution in [0.15, 0.2) is 54.7 Å². The van der Waals surface area contributed by atoms with E-state index < -0.39 is 0 Å². The summed E-state index contributed by atoms with van der Waals surface area (Å²) in [6, 6.07) is 15.6. The number of carbonyl (C=O) groups excluding carboxylic acids is 1. The largest absolute Gasteiger partial charge is 0.493 e. The number of aromatic nitrogens is 2. The van der Waals surface area contributed by atoms with E-state index in [0.29, 0.717) is 30.4 Å². The summed E-state index contributed by atoms with van der Waals surface area (Å²) in [5.41, 5.74) is 3.63. The van der Waals surface area contributed by atoms with Gasteiger partial charge in [0.1, 0.15) is 0 Å². The monoisotopic (exact) mass is 539 g/mol. The SMILES string of the molecule is COc1ccc(CCNc2nccc(-c3cccc(NC(=O)CCCN4CCCCC4)c3)n2)cc1OC.Cl. The van der Waals surface area contributed by atoms with Crippen molar-refractivity contribution in [1.82, 2.24) is 14.9 Å². The minimum absolute atomic E-state index is 0. The minimum Gasteiger partial charge on any atom is -0.493 e. The standard InChI is InChI=1S/C29H37N5O3.ClH/c1-36-26-12-11-22(20-27(26)37-2)13-15-30-29-31-16-14-25(33-29)23-8-6-9-24(21-23)32-28(35)10-7-19-34-17-4-3-5-18-34;/h6,8-9,11-12,14,16,20-21H,3-5,7,10,13,15,17-19H2,1-2H3,(H,32,35)(H,30,31,33);1H. The third kappa shape index (κ3) is 8.60. The Bertz CT molecular complexity index is 1170. The van der Waals surface area contributed by atoms with Crippen LogP contribution in [0, 0.1) is 0 Å². The van der Waals surface area contributed by atoms with Gasteiger partial charge < -0.3 is 25.0 Å². The van der Waals surface area contributed by atoms with E-state index in [2.05, 4.69) is 25.5 Å². The van der Waals surface area contributed by atoms with Gasteiger partial charge >= 0.3 is 0 Å². The molecule has 0 bridgehead atoms. The van der Waals surface area contributed by atoms with Gasteiger partial charge in [0, 0.05) is 30.4 Å². The molecule has 9 heteroatoms. The molecule has 0 saturated carbocycles. The lowest BCUT2D eigenvalue weighted by Crippen LogP contribution is -2.31. The Morgan fingerprint density at radius 1 is 1.00 bits per heavy atom. The number of nitrogens with one attached hydrogen (secondary N) is 2. The summed E-state index contributed by atoms with van der Waals surface area (Å²) in [5.74, 6) is 2.04. The van der Waals surface area contributed by atoms with E-state index >= 15 is 0 Å². The molecule has 1 aliphatic rings. The molecule has 204 valence electrons. The molecule has 4 rings (SSSR count). The van der Waals surface area contributed by atoms with Gasteiger partial charge in [-0.2, -0.15) is 0 Å². The zero-order valence-corrected chi connectivity index (χ0v) is 23.1. The smallest absolute Gasteiger partial charge is 0.224 e. The van der Waals surface area contributed by atoms with Crippen molar-refractivity contribution in [2.24, 2.45) is 0 Å². The summed E-state index contributed by atoms with van der Waals surface area (Å²) in [6.45, 7) is 3.99. The maximum Gasteiger partial charge on any atom is 0.224 e. The number of piperidine rings is 1. The van der Waals surface area contributed by atoms with Crippen LogP contribution < -0.4 is 20.1 Å². The summed E-state index contributed by atoms with van der Waals surface area (Å²) < 4.78 is 10.7. The van der Waals surface area contributed by atoms with E-state index in [-0.39, 0.29) is 18.3 Å². The molecule has 8 nitrogen and oxygen atoms in total. The van der Waals surface area contributed by atoms with E-state index in [0.717, 1.165) is 55.0 Å². The highest BCUT2D eigenvalue weighted by Crippen LogP contribution is 2.28. The lowest BCUT2D eigenvalue weighted by Gasteiger charge is -2.26. The molecule has 0 atom stereocenters. The quantitative estimate of drug-likeness (QED) is 0.317. The number of anilines is 2. The van der Waals surface area contributed by atoms with Crippen LogP contribution in [0.1, 0.15) is 37.7 Å². The maximum absolute atomic E-state index is 12.5. The Hall–Kier alpha value is -3.36. The van der Waals surface area contributed by atoms with Crippen molar-refractivity contribution in [3.8, 4) is 22.8 Å². The molecule has 38 heavy (non-hydrogen) atoms. The van der Waals surface area contributed by atoms with E-state index in [1.54, 1.807) is 20.4 Å². The van der Waals surface area contributed by atoms with Gasteiger partial charge in [-0.05, 0) is 81.2 Å². The highest BCUT2D eigenvalue weighted by atomic mass is 35.5. The zero-order valence-electron chi connectivity index (χ0n) is 22.2. The lowest BCUT2D eigenvalue weighted by atomic mass is 10.1. The summed E-state index contributed by atoms with van der Waals surface area (Å²) >= 11 is 0. The first-order chi connectivity index (χ1) is 18.1. The Morgan fingerprint density at radius 3 is 2.61 bits per heavy atom. The van der Waals surface area contributed by atoms with Crippen LogP contribution in [0.4, 0.5) is 11.6 Å². The molecule has 0 radical (unpaired) electrons. The number of benzene rings is 2. The lowest BCUT2D eigenvalue weighted by molar-refractivity contribution is -0.116. The van der Waals surface area contributed by atoms with Crippen molar-refractivity contribution < 1.29 is 14.3 Å². The average molecular weight is 540 g/mol. The summed E-state index contributed by atoms with van der Waals surface area (Å²) in [4.78, 5) is 24.0. The topological polar surface area (TPSA) is 88.6 Å². The number of hydrogen-bond donors (Lipinski definition) is 2. The fraction of sp³-hybridized carbons (Fsp3) is 0.414. The number of hydrogen-bond acceptors (Lipinski definition) is 7. The number of ether oxygens (including phenoxy) is 2. The third-order valence-electron chi connectivity index (χ3n) is 6.57. The van der Waals surface area contributed by atoms with Crippen molar-refractivity contribution in [3.05, 3.63) is 60.3 Å². The number of likely N-dealkylation sites (tertiary alicyclic amines) is 1. The Balaban J connectivity index is 0.00000400. The molecule has 0 aliphatic carbocycles. The van der Waals surface area contributed by atoms with Crippen molar-refractivity contribution >= 4 is 29.9 Å². The highest BCUT2D eigenvalue weighted by molar-refractivity contribution is 5.91. The number of rotatable bonds is 12. The number of nitrogens with zero attached hydrogens (tertiary/aromatic N) is 3. The predicted molar refractivity (Wildman–Crippen MR) is 155 cm³/mol. The second-order valence-corrected chi connectivity index (χ2v) is 9.27. The third-order valence-corrected chi connectivity index (χ3v) is 6.57. The fourth-order valence-electron chi connectivity index (χ4n) is 4.59.